The minimum absolute atomic E-state index is 0.00561. The first kappa shape index (κ1) is 13.1. The van der Waals surface area contributed by atoms with Crippen LogP contribution in [-0.2, 0) is 13.1 Å². The van der Waals surface area contributed by atoms with Gasteiger partial charge in [-0.3, -0.25) is 4.90 Å². The Bertz CT molecular complexity index is 549. The summed E-state index contributed by atoms with van der Waals surface area (Å²) in [5.74, 6) is -1.03. The number of hydrogen-bond donors (Lipinski definition) is 1. The molecule has 0 spiro atoms. The van der Waals surface area contributed by atoms with Crippen LogP contribution in [0.2, 0.25) is 4.34 Å². The first-order valence-corrected chi connectivity index (χ1v) is 6.48. The molecule has 0 atom stereocenters. The zero-order valence-electron chi connectivity index (χ0n) is 9.72. The van der Waals surface area contributed by atoms with Crippen molar-refractivity contribution in [2.24, 2.45) is 0 Å². The number of carbonyl (C=O) groups is 1. The van der Waals surface area contributed by atoms with Crippen molar-refractivity contribution >= 4 is 28.9 Å². The second-order valence-electron chi connectivity index (χ2n) is 3.96. The highest BCUT2D eigenvalue weighted by atomic mass is 35.5. The summed E-state index contributed by atoms with van der Waals surface area (Å²) in [6.07, 6.45) is 1.40. The number of hydrogen-bond acceptors (Lipinski definition) is 4. The quantitative estimate of drug-likeness (QED) is 0.915. The van der Waals surface area contributed by atoms with Gasteiger partial charge < -0.3 is 9.52 Å². The lowest BCUT2D eigenvalue weighted by Gasteiger charge is -2.14. The first-order valence-electron chi connectivity index (χ1n) is 5.28. The van der Waals surface area contributed by atoms with Gasteiger partial charge in [-0.2, -0.15) is 0 Å². The highest BCUT2D eigenvalue weighted by Crippen LogP contribution is 2.23. The summed E-state index contributed by atoms with van der Waals surface area (Å²) in [5.41, 5.74) is 0.674. The van der Waals surface area contributed by atoms with Crippen LogP contribution >= 0.6 is 22.9 Å². The molecule has 0 aliphatic rings. The van der Waals surface area contributed by atoms with Gasteiger partial charge in [-0.25, -0.2) is 4.79 Å². The van der Waals surface area contributed by atoms with Crippen molar-refractivity contribution in [1.29, 1.82) is 0 Å². The molecule has 2 rings (SSSR count). The largest absolute Gasteiger partial charge is 0.475 e. The van der Waals surface area contributed by atoms with Gasteiger partial charge in [0.1, 0.15) is 0 Å². The summed E-state index contributed by atoms with van der Waals surface area (Å²) in [6, 6.07) is 5.51. The molecule has 0 saturated heterocycles. The molecule has 2 aromatic heterocycles. The summed E-state index contributed by atoms with van der Waals surface area (Å²) >= 11 is 7.38. The predicted molar refractivity (Wildman–Crippen MR) is 70.2 cm³/mol. The van der Waals surface area contributed by atoms with Gasteiger partial charge in [0.25, 0.3) is 0 Å². The molecule has 0 unspecified atom stereocenters. The summed E-state index contributed by atoms with van der Waals surface area (Å²) in [5, 5.41) is 8.93. The maximum Gasteiger partial charge on any atom is 0.372 e. The lowest BCUT2D eigenvalue weighted by Crippen LogP contribution is -2.17. The standard InChI is InChI=1S/C12H12ClNO3S/c1-14(7-9-2-3-10(13)18-9)6-8-4-5-17-11(8)12(15)16/h2-5H,6-7H2,1H3,(H,15,16). The molecule has 0 amide bonds. The van der Waals surface area contributed by atoms with Gasteiger partial charge in [-0.05, 0) is 25.2 Å². The van der Waals surface area contributed by atoms with Crippen LogP contribution in [-0.4, -0.2) is 23.0 Å². The molecule has 0 fully saturated rings. The molecule has 1 N–H and O–H groups in total. The highest BCUT2D eigenvalue weighted by molar-refractivity contribution is 7.16. The van der Waals surface area contributed by atoms with E-state index in [-0.39, 0.29) is 5.76 Å². The normalized spacial score (nSPS) is 11.1. The van der Waals surface area contributed by atoms with Crippen molar-refractivity contribution in [2.75, 3.05) is 7.05 Å². The summed E-state index contributed by atoms with van der Waals surface area (Å²) in [6.45, 7) is 1.25. The van der Waals surface area contributed by atoms with Crippen molar-refractivity contribution in [1.82, 2.24) is 4.90 Å². The van der Waals surface area contributed by atoms with Crippen LogP contribution in [0.5, 0.6) is 0 Å². The van der Waals surface area contributed by atoms with Crippen molar-refractivity contribution in [3.05, 3.63) is 45.0 Å². The van der Waals surface area contributed by atoms with Crippen molar-refractivity contribution in [2.45, 2.75) is 13.1 Å². The summed E-state index contributed by atoms with van der Waals surface area (Å²) in [4.78, 5) is 14.1. The SMILES string of the molecule is CN(Cc1ccc(Cl)s1)Cc1ccoc1C(=O)O. The maximum atomic E-state index is 10.9. The van der Waals surface area contributed by atoms with E-state index in [1.807, 2.05) is 24.1 Å². The van der Waals surface area contributed by atoms with E-state index in [0.717, 1.165) is 15.8 Å². The van der Waals surface area contributed by atoms with Gasteiger partial charge in [-0.1, -0.05) is 11.6 Å². The zero-order chi connectivity index (χ0) is 13.1. The van der Waals surface area contributed by atoms with Gasteiger partial charge in [-0.15, -0.1) is 11.3 Å². The van der Waals surface area contributed by atoms with Gasteiger partial charge in [0.2, 0.25) is 5.76 Å². The van der Waals surface area contributed by atoms with E-state index in [0.29, 0.717) is 12.1 Å². The summed E-state index contributed by atoms with van der Waals surface area (Å²) < 4.78 is 5.69. The van der Waals surface area contributed by atoms with Crippen LogP contribution in [0.25, 0.3) is 0 Å². The van der Waals surface area contributed by atoms with E-state index in [2.05, 4.69) is 0 Å². The summed E-state index contributed by atoms with van der Waals surface area (Å²) in [7, 11) is 1.92. The number of furan rings is 1. The minimum Gasteiger partial charge on any atom is -0.475 e. The Hall–Kier alpha value is -1.30. The molecule has 0 aliphatic carbocycles. The molecule has 0 aliphatic heterocycles. The van der Waals surface area contributed by atoms with Crippen LogP contribution in [0.1, 0.15) is 21.0 Å². The Balaban J connectivity index is 2.00. The van der Waals surface area contributed by atoms with Crippen molar-refractivity contribution < 1.29 is 14.3 Å². The number of carboxylic acid groups (broad SMARTS) is 1. The van der Waals surface area contributed by atoms with Gasteiger partial charge in [0, 0.05) is 23.5 Å². The van der Waals surface area contributed by atoms with Crippen molar-refractivity contribution in [3.63, 3.8) is 0 Å². The molecule has 0 radical (unpaired) electrons. The Morgan fingerprint density at radius 2 is 2.22 bits per heavy atom. The van der Waals surface area contributed by atoms with Crippen LogP contribution in [0.4, 0.5) is 0 Å². The van der Waals surface area contributed by atoms with E-state index >= 15 is 0 Å². The van der Waals surface area contributed by atoms with Crippen LogP contribution in [0, 0.1) is 0 Å². The van der Waals surface area contributed by atoms with Crippen LogP contribution < -0.4 is 0 Å². The van der Waals surface area contributed by atoms with E-state index in [4.69, 9.17) is 21.1 Å². The molecule has 0 bridgehead atoms. The van der Waals surface area contributed by atoms with Crippen LogP contribution in [0.15, 0.2) is 28.9 Å². The number of carboxylic acids is 1. The number of thiophene rings is 1. The number of rotatable bonds is 5. The maximum absolute atomic E-state index is 10.9. The third kappa shape index (κ3) is 3.13. The smallest absolute Gasteiger partial charge is 0.372 e. The molecule has 2 aromatic rings. The van der Waals surface area contributed by atoms with E-state index in [1.54, 1.807) is 6.07 Å². The highest BCUT2D eigenvalue weighted by Gasteiger charge is 2.15. The Kier molecular flexibility index (Phi) is 4.06. The lowest BCUT2D eigenvalue weighted by atomic mass is 10.2. The topological polar surface area (TPSA) is 53.7 Å². The van der Waals surface area contributed by atoms with E-state index in [9.17, 15) is 4.79 Å². The molecule has 96 valence electrons. The Morgan fingerprint density at radius 3 is 2.83 bits per heavy atom. The Labute approximate surface area is 113 Å². The monoisotopic (exact) mass is 285 g/mol. The number of nitrogens with zero attached hydrogens (tertiary/aromatic N) is 1. The third-order valence-electron chi connectivity index (χ3n) is 2.44. The zero-order valence-corrected chi connectivity index (χ0v) is 11.3. The molecular formula is C12H12ClNO3S. The number of halogens is 1. The lowest BCUT2D eigenvalue weighted by molar-refractivity contribution is 0.0659. The second-order valence-corrected chi connectivity index (χ2v) is 5.76. The molecular weight excluding hydrogens is 274 g/mol. The van der Waals surface area contributed by atoms with Gasteiger partial charge in [0.15, 0.2) is 0 Å². The Morgan fingerprint density at radius 1 is 1.44 bits per heavy atom. The molecule has 2 heterocycles. The average molecular weight is 286 g/mol. The molecule has 0 aromatic carbocycles. The van der Waals surface area contributed by atoms with E-state index in [1.165, 1.54) is 17.6 Å². The molecule has 6 heteroatoms. The van der Waals surface area contributed by atoms with Crippen molar-refractivity contribution in [3.8, 4) is 0 Å². The van der Waals surface area contributed by atoms with Crippen LogP contribution in [0.3, 0.4) is 0 Å². The third-order valence-corrected chi connectivity index (χ3v) is 3.65. The second kappa shape index (κ2) is 5.56. The fraction of sp³-hybridized carbons (Fsp3) is 0.250. The number of aromatic carboxylic acids is 1. The van der Waals surface area contributed by atoms with Gasteiger partial charge >= 0.3 is 5.97 Å². The average Bonchev–Trinajstić information content (AvgIpc) is 2.87. The van der Waals surface area contributed by atoms with Gasteiger partial charge in [0.05, 0.1) is 10.6 Å². The predicted octanol–water partition coefficient (Wildman–Crippen LogP) is 3.32. The first-order chi connectivity index (χ1) is 8.56. The molecule has 18 heavy (non-hydrogen) atoms. The molecule has 4 nitrogen and oxygen atoms in total. The van der Waals surface area contributed by atoms with E-state index < -0.39 is 5.97 Å². The minimum atomic E-state index is -1.04. The fourth-order valence-corrected chi connectivity index (χ4v) is 2.87. The fourth-order valence-electron chi connectivity index (χ4n) is 1.70. The molecule has 0 saturated carbocycles.